The van der Waals surface area contributed by atoms with Crippen LogP contribution in [0.4, 0.5) is 10.5 Å². The number of allylic oxidation sites excluding steroid dienone is 1. The van der Waals surface area contributed by atoms with Gasteiger partial charge in [-0.05, 0) is 41.8 Å². The lowest BCUT2D eigenvalue weighted by Crippen LogP contribution is -2.49. The van der Waals surface area contributed by atoms with Crippen LogP contribution in [0, 0.1) is 10.1 Å². The van der Waals surface area contributed by atoms with Gasteiger partial charge >= 0.3 is 12.0 Å². The Morgan fingerprint density at radius 3 is 2.50 bits per heavy atom. The van der Waals surface area contributed by atoms with E-state index < -0.39 is 33.0 Å². The number of benzene rings is 3. The number of rotatable bonds is 9. The van der Waals surface area contributed by atoms with Crippen molar-refractivity contribution in [1.29, 1.82) is 0 Å². The molecule has 1 unspecified atom stereocenters. The van der Waals surface area contributed by atoms with Crippen LogP contribution in [0.2, 0.25) is 0 Å². The topological polar surface area (TPSA) is 150 Å². The number of sulfonamides is 1. The Balaban J connectivity index is 1.56. The van der Waals surface area contributed by atoms with Crippen molar-refractivity contribution in [2.24, 2.45) is 0 Å². The molecule has 1 aliphatic rings. The zero-order valence-corrected chi connectivity index (χ0v) is 21.5. The van der Waals surface area contributed by atoms with Gasteiger partial charge < -0.3 is 15.3 Å². The van der Waals surface area contributed by atoms with E-state index in [1.165, 1.54) is 53.5 Å². The average Bonchev–Trinajstić information content (AvgIpc) is 2.88. The number of hydrogen-bond donors (Lipinski definition) is 2. The molecule has 0 saturated heterocycles. The lowest BCUT2D eigenvalue weighted by atomic mass is 9.93. The van der Waals surface area contributed by atoms with Crippen LogP contribution in [0.5, 0.6) is 0 Å². The number of aliphatic carboxylic acids is 1. The number of nitrogens with one attached hydrogen (secondary N) is 1. The summed E-state index contributed by atoms with van der Waals surface area (Å²) in [5, 5.41) is 25.4. The molecular formula is C26H26N4O7S. The number of nitro benzene ring substituents is 1. The standard InChI is InChI=1S/C26H26N4O7S/c1-17-23(25(31)32)24(20-9-5-10-21(15-20)30(34)35)29(26(33)27-17)14-6-13-28(2)38(36,37)22-12-11-18-7-3-4-8-19(18)16-22/h3-5,7-12,15-16,24H,6,13-14H2,1-2H3,(H,27,33)(H,31,32). The summed E-state index contributed by atoms with van der Waals surface area (Å²) >= 11 is 0. The van der Waals surface area contributed by atoms with Crippen molar-refractivity contribution in [3.63, 3.8) is 0 Å². The molecule has 2 amide bonds. The fourth-order valence-electron chi connectivity index (χ4n) is 4.53. The molecule has 1 heterocycles. The monoisotopic (exact) mass is 538 g/mol. The van der Waals surface area contributed by atoms with Gasteiger partial charge in [0.25, 0.3) is 5.69 Å². The van der Waals surface area contributed by atoms with Crippen LogP contribution in [0.1, 0.15) is 24.9 Å². The van der Waals surface area contributed by atoms with Crippen LogP contribution in [0.15, 0.2) is 82.9 Å². The highest BCUT2D eigenvalue weighted by atomic mass is 32.2. The molecule has 198 valence electrons. The minimum Gasteiger partial charge on any atom is -0.478 e. The molecule has 1 atom stereocenters. The third-order valence-electron chi connectivity index (χ3n) is 6.47. The van der Waals surface area contributed by atoms with Crippen LogP contribution in [0.25, 0.3) is 10.8 Å². The van der Waals surface area contributed by atoms with E-state index in [-0.39, 0.29) is 46.9 Å². The second kappa shape index (κ2) is 10.6. The highest BCUT2D eigenvalue weighted by Crippen LogP contribution is 2.35. The smallest absolute Gasteiger partial charge is 0.335 e. The summed E-state index contributed by atoms with van der Waals surface area (Å²) in [5.74, 6) is -1.28. The molecule has 12 heteroatoms. The number of non-ortho nitro benzene ring substituents is 1. The minimum atomic E-state index is -3.82. The molecule has 0 fully saturated rings. The molecule has 0 bridgehead atoms. The molecule has 4 rings (SSSR count). The number of carboxylic acid groups (broad SMARTS) is 1. The first-order valence-electron chi connectivity index (χ1n) is 11.7. The first kappa shape index (κ1) is 26.8. The molecular weight excluding hydrogens is 512 g/mol. The highest BCUT2D eigenvalue weighted by Gasteiger charge is 2.38. The predicted molar refractivity (Wildman–Crippen MR) is 140 cm³/mol. The maximum absolute atomic E-state index is 13.2. The van der Waals surface area contributed by atoms with E-state index in [1.54, 1.807) is 12.1 Å². The maximum atomic E-state index is 13.2. The highest BCUT2D eigenvalue weighted by molar-refractivity contribution is 7.89. The Bertz CT molecular complexity index is 1570. The van der Waals surface area contributed by atoms with E-state index in [4.69, 9.17) is 0 Å². The summed E-state index contributed by atoms with van der Waals surface area (Å²) < 4.78 is 27.5. The molecule has 1 aliphatic heterocycles. The summed E-state index contributed by atoms with van der Waals surface area (Å²) in [7, 11) is -2.39. The Hall–Kier alpha value is -4.29. The second-order valence-corrected chi connectivity index (χ2v) is 11.0. The van der Waals surface area contributed by atoms with Gasteiger partial charge in [0.05, 0.1) is 21.4 Å². The van der Waals surface area contributed by atoms with E-state index in [1.807, 2.05) is 24.3 Å². The first-order valence-corrected chi connectivity index (χ1v) is 13.2. The van der Waals surface area contributed by atoms with Crippen molar-refractivity contribution in [3.05, 3.63) is 93.7 Å². The number of fused-ring (bicyclic) bond motifs is 1. The first-order chi connectivity index (χ1) is 18.0. The Morgan fingerprint density at radius 1 is 1.11 bits per heavy atom. The molecule has 38 heavy (non-hydrogen) atoms. The van der Waals surface area contributed by atoms with E-state index >= 15 is 0 Å². The number of nitrogens with zero attached hydrogens (tertiary/aromatic N) is 3. The number of hydrogen-bond acceptors (Lipinski definition) is 6. The van der Waals surface area contributed by atoms with E-state index in [9.17, 15) is 33.2 Å². The SMILES string of the molecule is CC1=C(C(=O)O)C(c2cccc([N+](=O)[O-])c2)N(CCCN(C)S(=O)(=O)c2ccc3ccccc3c2)C(=O)N1. The number of nitro groups is 1. The van der Waals surface area contributed by atoms with E-state index in [2.05, 4.69) is 5.32 Å². The Labute approximate surface area is 219 Å². The van der Waals surface area contributed by atoms with Gasteiger partial charge in [0, 0.05) is 38.0 Å². The Morgan fingerprint density at radius 2 is 1.82 bits per heavy atom. The van der Waals surface area contributed by atoms with Gasteiger partial charge in [0.1, 0.15) is 0 Å². The quantitative estimate of drug-likeness (QED) is 0.310. The summed E-state index contributed by atoms with van der Waals surface area (Å²) in [6, 6.07) is 16.1. The van der Waals surface area contributed by atoms with Gasteiger partial charge in [-0.3, -0.25) is 10.1 Å². The predicted octanol–water partition coefficient (Wildman–Crippen LogP) is 3.88. The molecule has 0 aliphatic carbocycles. The largest absolute Gasteiger partial charge is 0.478 e. The second-order valence-electron chi connectivity index (χ2n) is 8.91. The summed E-state index contributed by atoms with van der Waals surface area (Å²) in [4.78, 5) is 37.1. The molecule has 0 spiro atoms. The molecule has 11 nitrogen and oxygen atoms in total. The maximum Gasteiger partial charge on any atom is 0.335 e. The molecule has 0 saturated carbocycles. The van der Waals surface area contributed by atoms with Gasteiger partial charge in [-0.25, -0.2) is 22.3 Å². The van der Waals surface area contributed by atoms with Crippen LogP contribution >= 0.6 is 0 Å². The fourth-order valence-corrected chi connectivity index (χ4v) is 5.78. The molecule has 3 aromatic rings. The number of urea groups is 1. The number of amides is 2. The lowest BCUT2D eigenvalue weighted by Gasteiger charge is -2.37. The summed E-state index contributed by atoms with van der Waals surface area (Å²) in [6.45, 7) is 1.50. The minimum absolute atomic E-state index is 0.000826. The lowest BCUT2D eigenvalue weighted by molar-refractivity contribution is -0.384. The fraction of sp³-hybridized carbons (Fsp3) is 0.231. The van der Waals surface area contributed by atoms with Gasteiger partial charge in [0.15, 0.2) is 0 Å². The van der Waals surface area contributed by atoms with Crippen LogP contribution in [-0.4, -0.2) is 59.8 Å². The van der Waals surface area contributed by atoms with E-state index in [0.717, 1.165) is 10.8 Å². The molecule has 3 aromatic carbocycles. The van der Waals surface area contributed by atoms with Gasteiger partial charge in [-0.2, -0.15) is 0 Å². The zero-order chi connectivity index (χ0) is 27.6. The van der Waals surface area contributed by atoms with Crippen molar-refractivity contribution in [1.82, 2.24) is 14.5 Å². The third-order valence-corrected chi connectivity index (χ3v) is 8.33. The third kappa shape index (κ3) is 5.22. The summed E-state index contributed by atoms with van der Waals surface area (Å²) in [5.41, 5.74) is 0.0356. The van der Waals surface area contributed by atoms with Crippen molar-refractivity contribution in [2.75, 3.05) is 20.1 Å². The average molecular weight is 539 g/mol. The van der Waals surface area contributed by atoms with Gasteiger partial charge in [-0.15, -0.1) is 0 Å². The van der Waals surface area contributed by atoms with Crippen molar-refractivity contribution >= 4 is 38.5 Å². The number of carbonyl (C=O) groups is 2. The van der Waals surface area contributed by atoms with Gasteiger partial charge in [-0.1, -0.05) is 42.5 Å². The van der Waals surface area contributed by atoms with E-state index in [0.29, 0.717) is 0 Å². The van der Waals surface area contributed by atoms with Gasteiger partial charge in [0.2, 0.25) is 10.0 Å². The Kier molecular flexibility index (Phi) is 7.46. The van der Waals surface area contributed by atoms with Crippen LogP contribution < -0.4 is 5.32 Å². The normalized spacial score (nSPS) is 16.1. The molecule has 0 aromatic heterocycles. The van der Waals surface area contributed by atoms with Crippen LogP contribution in [0.3, 0.4) is 0 Å². The van der Waals surface area contributed by atoms with Crippen molar-refractivity contribution in [3.8, 4) is 0 Å². The molecule has 2 N–H and O–H groups in total. The zero-order valence-electron chi connectivity index (χ0n) is 20.7. The number of carbonyl (C=O) groups excluding carboxylic acids is 1. The van der Waals surface area contributed by atoms with Crippen molar-refractivity contribution < 1.29 is 28.0 Å². The number of carboxylic acids is 1. The molecule has 0 radical (unpaired) electrons. The van der Waals surface area contributed by atoms with Crippen molar-refractivity contribution in [2.45, 2.75) is 24.3 Å². The summed E-state index contributed by atoms with van der Waals surface area (Å²) in [6.07, 6.45) is 0.189. The van der Waals surface area contributed by atoms with Crippen LogP contribution in [-0.2, 0) is 14.8 Å².